The summed E-state index contributed by atoms with van der Waals surface area (Å²) in [5.41, 5.74) is 5.67. The molecule has 0 radical (unpaired) electrons. The van der Waals surface area contributed by atoms with Crippen LogP contribution in [-0.4, -0.2) is 7.05 Å². The molecular weight excluding hydrogens is 222 g/mol. The molecule has 0 bridgehead atoms. The molecule has 0 aliphatic heterocycles. The minimum absolute atomic E-state index is 0.758. The van der Waals surface area contributed by atoms with E-state index < -0.39 is 0 Å². The zero-order chi connectivity index (χ0) is 12.1. The van der Waals surface area contributed by atoms with Gasteiger partial charge in [-0.25, -0.2) is 0 Å². The zero-order valence-electron chi connectivity index (χ0n) is 10.9. The van der Waals surface area contributed by atoms with Crippen molar-refractivity contribution in [1.29, 1.82) is 0 Å². The first-order valence-electron chi connectivity index (χ1n) is 7.08. The normalized spacial score (nSPS) is 18.5. The third-order valence-electron chi connectivity index (χ3n) is 4.34. The first-order valence-corrected chi connectivity index (χ1v) is 7.08. The zero-order valence-corrected chi connectivity index (χ0v) is 10.9. The van der Waals surface area contributed by atoms with Crippen LogP contribution in [0.3, 0.4) is 0 Å². The number of hydrogen-bond donors (Lipinski definition) is 1. The molecule has 1 N–H and O–H groups in total. The van der Waals surface area contributed by atoms with Gasteiger partial charge in [0.1, 0.15) is 11.3 Å². The maximum absolute atomic E-state index is 6.10. The van der Waals surface area contributed by atoms with E-state index in [9.17, 15) is 0 Å². The summed E-state index contributed by atoms with van der Waals surface area (Å²) in [7, 11) is 1.99. The summed E-state index contributed by atoms with van der Waals surface area (Å²) in [6.45, 7) is 0.852. The highest BCUT2D eigenvalue weighted by molar-refractivity contribution is 5.85. The van der Waals surface area contributed by atoms with E-state index in [0.29, 0.717) is 0 Å². The molecule has 1 heterocycles. The summed E-state index contributed by atoms with van der Waals surface area (Å²) >= 11 is 0. The third-order valence-corrected chi connectivity index (χ3v) is 4.34. The van der Waals surface area contributed by atoms with Gasteiger partial charge in [-0.2, -0.15) is 0 Å². The SMILES string of the molecule is CNCc1oc2cc3c(cc2c1C1CC1)CCC3. The third kappa shape index (κ3) is 1.52. The molecule has 1 aromatic carbocycles. The average Bonchev–Trinajstić information content (AvgIpc) is 2.99. The molecule has 2 aromatic rings. The second-order valence-corrected chi connectivity index (χ2v) is 5.71. The van der Waals surface area contributed by atoms with Gasteiger partial charge in [-0.1, -0.05) is 0 Å². The fourth-order valence-corrected chi connectivity index (χ4v) is 3.35. The lowest BCUT2D eigenvalue weighted by atomic mass is 10.0. The highest BCUT2D eigenvalue weighted by Gasteiger charge is 2.31. The quantitative estimate of drug-likeness (QED) is 0.889. The maximum atomic E-state index is 6.10. The van der Waals surface area contributed by atoms with Crippen LogP contribution in [0.15, 0.2) is 16.5 Å². The number of nitrogens with one attached hydrogen (secondary N) is 1. The van der Waals surface area contributed by atoms with Gasteiger partial charge >= 0.3 is 0 Å². The van der Waals surface area contributed by atoms with E-state index >= 15 is 0 Å². The summed E-state index contributed by atoms with van der Waals surface area (Å²) in [5, 5.41) is 4.62. The van der Waals surface area contributed by atoms with Gasteiger partial charge in [-0.05, 0) is 68.3 Å². The van der Waals surface area contributed by atoms with E-state index in [2.05, 4.69) is 17.4 Å². The van der Waals surface area contributed by atoms with Crippen molar-refractivity contribution in [3.05, 3.63) is 34.6 Å². The summed E-state index contributed by atoms with van der Waals surface area (Å²) in [4.78, 5) is 0. The molecule has 2 nitrogen and oxygen atoms in total. The lowest BCUT2D eigenvalue weighted by Gasteiger charge is -2.01. The highest BCUT2D eigenvalue weighted by Crippen LogP contribution is 2.47. The molecule has 1 aromatic heterocycles. The van der Waals surface area contributed by atoms with E-state index in [1.54, 1.807) is 5.56 Å². The fraction of sp³-hybridized carbons (Fsp3) is 0.500. The van der Waals surface area contributed by atoms with Crippen molar-refractivity contribution in [3.8, 4) is 0 Å². The Morgan fingerprint density at radius 2 is 2.00 bits per heavy atom. The van der Waals surface area contributed by atoms with Crippen LogP contribution in [0.25, 0.3) is 11.0 Å². The largest absolute Gasteiger partial charge is 0.459 e. The molecule has 2 aliphatic carbocycles. The highest BCUT2D eigenvalue weighted by atomic mass is 16.3. The number of benzene rings is 1. The minimum Gasteiger partial charge on any atom is -0.459 e. The van der Waals surface area contributed by atoms with Gasteiger partial charge in [-0.15, -0.1) is 0 Å². The van der Waals surface area contributed by atoms with Crippen LogP contribution in [0.1, 0.15) is 47.6 Å². The molecular formula is C16H19NO. The monoisotopic (exact) mass is 241 g/mol. The fourth-order valence-electron chi connectivity index (χ4n) is 3.35. The summed E-state index contributed by atoms with van der Waals surface area (Å²) < 4.78 is 6.10. The van der Waals surface area contributed by atoms with Crippen LogP contribution >= 0.6 is 0 Å². The van der Waals surface area contributed by atoms with E-state index in [4.69, 9.17) is 4.42 Å². The Morgan fingerprint density at radius 3 is 2.72 bits per heavy atom. The van der Waals surface area contributed by atoms with Crippen molar-refractivity contribution in [3.63, 3.8) is 0 Å². The van der Waals surface area contributed by atoms with Gasteiger partial charge < -0.3 is 9.73 Å². The Balaban J connectivity index is 1.94. The standard InChI is InChI=1S/C16H19NO/c1-17-9-15-16(10-5-6-10)13-7-11-3-2-4-12(11)8-14(13)18-15/h7-8,10,17H,2-6,9H2,1H3. The second kappa shape index (κ2) is 3.86. The van der Waals surface area contributed by atoms with Crippen molar-refractivity contribution >= 4 is 11.0 Å². The molecule has 2 heteroatoms. The Morgan fingerprint density at radius 1 is 1.22 bits per heavy atom. The van der Waals surface area contributed by atoms with Crippen LogP contribution in [-0.2, 0) is 19.4 Å². The van der Waals surface area contributed by atoms with E-state index in [1.165, 1.54) is 54.4 Å². The molecule has 2 aliphatic rings. The molecule has 0 amide bonds. The topological polar surface area (TPSA) is 25.2 Å². The Labute approximate surface area is 107 Å². The van der Waals surface area contributed by atoms with Crippen LogP contribution in [0.5, 0.6) is 0 Å². The number of hydrogen-bond acceptors (Lipinski definition) is 2. The second-order valence-electron chi connectivity index (χ2n) is 5.71. The lowest BCUT2D eigenvalue weighted by molar-refractivity contribution is 0.524. The summed E-state index contributed by atoms with van der Waals surface area (Å²) in [5.74, 6) is 1.92. The molecule has 0 saturated heterocycles. The van der Waals surface area contributed by atoms with Gasteiger partial charge in [-0.3, -0.25) is 0 Å². The Kier molecular flexibility index (Phi) is 2.28. The van der Waals surface area contributed by atoms with Gasteiger partial charge in [0.2, 0.25) is 0 Å². The average molecular weight is 241 g/mol. The molecule has 94 valence electrons. The number of rotatable bonds is 3. The molecule has 0 unspecified atom stereocenters. The Hall–Kier alpha value is -1.28. The Bertz CT molecular complexity index is 607. The van der Waals surface area contributed by atoms with Crippen molar-refractivity contribution in [2.75, 3.05) is 7.05 Å². The molecule has 0 atom stereocenters. The van der Waals surface area contributed by atoms with Crippen LogP contribution in [0.2, 0.25) is 0 Å². The molecule has 4 rings (SSSR count). The van der Waals surface area contributed by atoms with Crippen molar-refractivity contribution in [2.45, 2.75) is 44.6 Å². The van der Waals surface area contributed by atoms with E-state index in [-0.39, 0.29) is 0 Å². The van der Waals surface area contributed by atoms with Crippen LogP contribution in [0, 0.1) is 0 Å². The summed E-state index contributed by atoms with van der Waals surface area (Å²) in [6, 6.07) is 4.71. The van der Waals surface area contributed by atoms with Gasteiger partial charge in [0, 0.05) is 10.9 Å². The molecule has 0 spiro atoms. The molecule has 1 fully saturated rings. The first kappa shape index (κ1) is 10.6. The number of fused-ring (bicyclic) bond motifs is 2. The van der Waals surface area contributed by atoms with Crippen molar-refractivity contribution in [2.24, 2.45) is 0 Å². The van der Waals surface area contributed by atoms with Gasteiger partial charge in [0.05, 0.1) is 6.54 Å². The van der Waals surface area contributed by atoms with E-state index in [0.717, 1.165) is 18.0 Å². The maximum Gasteiger partial charge on any atom is 0.134 e. The van der Waals surface area contributed by atoms with Crippen LogP contribution in [0.4, 0.5) is 0 Å². The smallest absolute Gasteiger partial charge is 0.134 e. The van der Waals surface area contributed by atoms with Gasteiger partial charge in [0.15, 0.2) is 0 Å². The van der Waals surface area contributed by atoms with E-state index in [1.807, 2.05) is 7.05 Å². The van der Waals surface area contributed by atoms with Gasteiger partial charge in [0.25, 0.3) is 0 Å². The lowest BCUT2D eigenvalue weighted by Crippen LogP contribution is -2.05. The van der Waals surface area contributed by atoms with Crippen LogP contribution < -0.4 is 5.32 Å². The minimum atomic E-state index is 0.758. The molecule has 18 heavy (non-hydrogen) atoms. The summed E-state index contributed by atoms with van der Waals surface area (Å²) in [6.07, 6.45) is 6.46. The molecule has 1 saturated carbocycles. The first-order chi connectivity index (χ1) is 8.86. The predicted molar refractivity (Wildman–Crippen MR) is 73.0 cm³/mol. The predicted octanol–water partition coefficient (Wildman–Crippen LogP) is 3.52. The van der Waals surface area contributed by atoms with Crippen molar-refractivity contribution < 1.29 is 4.42 Å². The number of furan rings is 1. The van der Waals surface area contributed by atoms with Crippen molar-refractivity contribution in [1.82, 2.24) is 5.32 Å². The number of aryl methyl sites for hydroxylation is 2.